The van der Waals surface area contributed by atoms with Crippen molar-refractivity contribution in [1.29, 1.82) is 0 Å². The number of carbonyl (C=O) groups is 1. The molecule has 0 unspecified atom stereocenters. The Hall–Kier alpha value is -4.41. The number of nitro benzene ring substituents is 1. The lowest BCUT2D eigenvalue weighted by Crippen LogP contribution is -2.23. The largest absolute Gasteiger partial charge is 0.348 e. The van der Waals surface area contributed by atoms with Crippen molar-refractivity contribution in [2.75, 3.05) is 0 Å². The molecule has 0 bridgehead atoms. The van der Waals surface area contributed by atoms with Crippen LogP contribution in [0.5, 0.6) is 0 Å². The zero-order chi connectivity index (χ0) is 20.9. The van der Waals surface area contributed by atoms with Gasteiger partial charge in [0.1, 0.15) is 31.0 Å². The minimum absolute atomic E-state index is 0.185. The van der Waals surface area contributed by atoms with Crippen molar-refractivity contribution in [2.24, 2.45) is 0 Å². The van der Waals surface area contributed by atoms with Gasteiger partial charge in [0, 0.05) is 18.2 Å². The second kappa shape index (κ2) is 8.31. The number of amides is 1. The highest BCUT2D eigenvalue weighted by Crippen LogP contribution is 2.23. The standard InChI is InChI=1S/C19H16N8O3/c28-19(16-4-5-17(18(7-16)27(29)30)26-13-21-11-24-26)22-8-14-2-1-3-15(6-14)9-25-12-20-10-23-25/h1-7,10-13H,8-9H2,(H,22,28). The van der Waals surface area contributed by atoms with Crippen LogP contribution >= 0.6 is 0 Å². The minimum atomic E-state index is -0.554. The molecule has 4 aromatic rings. The highest BCUT2D eigenvalue weighted by Gasteiger charge is 2.19. The van der Waals surface area contributed by atoms with Gasteiger partial charge in [0.25, 0.3) is 11.6 Å². The summed E-state index contributed by atoms with van der Waals surface area (Å²) in [6, 6.07) is 11.9. The van der Waals surface area contributed by atoms with Crippen molar-refractivity contribution in [1.82, 2.24) is 34.8 Å². The number of nitro groups is 1. The van der Waals surface area contributed by atoms with Crippen LogP contribution in [0.1, 0.15) is 21.5 Å². The molecule has 1 amide bonds. The van der Waals surface area contributed by atoms with Crippen molar-refractivity contribution in [2.45, 2.75) is 13.1 Å². The first kappa shape index (κ1) is 18.9. The lowest BCUT2D eigenvalue weighted by atomic mass is 10.1. The number of nitrogens with one attached hydrogen (secondary N) is 1. The van der Waals surface area contributed by atoms with E-state index in [1.165, 1.54) is 41.9 Å². The highest BCUT2D eigenvalue weighted by atomic mass is 16.6. The summed E-state index contributed by atoms with van der Waals surface area (Å²) < 4.78 is 2.98. The van der Waals surface area contributed by atoms with Gasteiger partial charge in [-0.1, -0.05) is 24.3 Å². The molecular weight excluding hydrogens is 388 g/mol. The van der Waals surface area contributed by atoms with E-state index in [9.17, 15) is 14.9 Å². The van der Waals surface area contributed by atoms with Crippen LogP contribution in [-0.4, -0.2) is 40.4 Å². The second-order valence-electron chi connectivity index (χ2n) is 6.40. The van der Waals surface area contributed by atoms with Crippen LogP contribution in [0.2, 0.25) is 0 Å². The van der Waals surface area contributed by atoms with E-state index in [4.69, 9.17) is 0 Å². The monoisotopic (exact) mass is 404 g/mol. The van der Waals surface area contributed by atoms with Crippen molar-refractivity contribution in [3.05, 3.63) is 94.6 Å². The van der Waals surface area contributed by atoms with Gasteiger partial charge in [-0.05, 0) is 23.3 Å². The maximum Gasteiger partial charge on any atom is 0.295 e. The first-order valence-corrected chi connectivity index (χ1v) is 8.92. The molecule has 0 spiro atoms. The second-order valence-corrected chi connectivity index (χ2v) is 6.40. The van der Waals surface area contributed by atoms with E-state index in [1.54, 1.807) is 11.0 Å². The van der Waals surface area contributed by atoms with E-state index in [0.29, 0.717) is 6.54 Å². The molecule has 4 rings (SSSR count). The molecule has 0 fully saturated rings. The quantitative estimate of drug-likeness (QED) is 0.366. The van der Waals surface area contributed by atoms with Gasteiger partial charge >= 0.3 is 0 Å². The molecule has 30 heavy (non-hydrogen) atoms. The fourth-order valence-corrected chi connectivity index (χ4v) is 2.96. The van der Waals surface area contributed by atoms with Gasteiger partial charge in [-0.15, -0.1) is 0 Å². The summed E-state index contributed by atoms with van der Waals surface area (Å²) >= 11 is 0. The average molecular weight is 404 g/mol. The number of hydrogen-bond donors (Lipinski definition) is 1. The molecule has 11 heteroatoms. The molecule has 0 aliphatic carbocycles. The molecule has 150 valence electrons. The lowest BCUT2D eigenvalue weighted by molar-refractivity contribution is -0.384. The summed E-state index contributed by atoms with van der Waals surface area (Å²) in [5, 5.41) is 22.2. The number of nitrogens with zero attached hydrogens (tertiary/aromatic N) is 7. The van der Waals surface area contributed by atoms with Crippen LogP contribution in [-0.2, 0) is 13.1 Å². The first-order chi connectivity index (χ1) is 14.6. The fraction of sp³-hybridized carbons (Fsp3) is 0.105. The Bertz CT molecular complexity index is 1170. The summed E-state index contributed by atoms with van der Waals surface area (Å²) in [5.41, 5.74) is 2.09. The lowest BCUT2D eigenvalue weighted by Gasteiger charge is -2.09. The van der Waals surface area contributed by atoms with E-state index in [0.717, 1.165) is 11.1 Å². The van der Waals surface area contributed by atoms with Crippen molar-refractivity contribution >= 4 is 11.6 Å². The van der Waals surface area contributed by atoms with Crippen LogP contribution in [0, 0.1) is 10.1 Å². The summed E-state index contributed by atoms with van der Waals surface area (Å²) in [6.07, 6.45) is 5.73. The summed E-state index contributed by atoms with van der Waals surface area (Å²) in [6.45, 7) is 0.848. The van der Waals surface area contributed by atoms with Crippen LogP contribution in [0.4, 0.5) is 5.69 Å². The van der Waals surface area contributed by atoms with Gasteiger partial charge in [0.05, 0.1) is 11.5 Å². The predicted molar refractivity (Wildman–Crippen MR) is 105 cm³/mol. The van der Waals surface area contributed by atoms with Crippen LogP contribution in [0.25, 0.3) is 5.69 Å². The SMILES string of the molecule is O=C(NCc1cccc(Cn2cncn2)c1)c1ccc(-n2cncn2)c([N+](=O)[O-])c1. The Morgan fingerprint density at radius 1 is 1.03 bits per heavy atom. The minimum Gasteiger partial charge on any atom is -0.348 e. The Balaban J connectivity index is 1.47. The zero-order valence-corrected chi connectivity index (χ0v) is 15.6. The molecule has 0 aliphatic rings. The fourth-order valence-electron chi connectivity index (χ4n) is 2.96. The third kappa shape index (κ3) is 4.19. The number of hydrogen-bond acceptors (Lipinski definition) is 7. The third-order valence-corrected chi connectivity index (χ3v) is 4.36. The van der Waals surface area contributed by atoms with Crippen molar-refractivity contribution in [3.63, 3.8) is 0 Å². The summed E-state index contributed by atoms with van der Waals surface area (Å²) in [4.78, 5) is 31.1. The number of carbonyl (C=O) groups excluding carboxylic acids is 1. The van der Waals surface area contributed by atoms with E-state index in [-0.39, 0.29) is 23.5 Å². The topological polar surface area (TPSA) is 134 Å². The highest BCUT2D eigenvalue weighted by molar-refractivity contribution is 5.95. The molecule has 2 aromatic heterocycles. The smallest absolute Gasteiger partial charge is 0.295 e. The van der Waals surface area contributed by atoms with Gasteiger partial charge in [-0.25, -0.2) is 19.3 Å². The Morgan fingerprint density at radius 2 is 1.83 bits per heavy atom. The van der Waals surface area contributed by atoms with Gasteiger partial charge in [0.15, 0.2) is 0 Å². The number of benzene rings is 2. The summed E-state index contributed by atoms with van der Waals surface area (Å²) in [5.74, 6) is -0.412. The molecule has 0 radical (unpaired) electrons. The molecule has 0 atom stereocenters. The van der Waals surface area contributed by atoms with E-state index in [2.05, 4.69) is 25.5 Å². The maximum absolute atomic E-state index is 12.5. The van der Waals surface area contributed by atoms with Gasteiger partial charge in [0.2, 0.25) is 0 Å². The molecule has 0 aliphatic heterocycles. The Morgan fingerprint density at radius 3 is 2.57 bits per heavy atom. The van der Waals surface area contributed by atoms with E-state index in [1.807, 2.05) is 24.3 Å². The van der Waals surface area contributed by atoms with E-state index >= 15 is 0 Å². The third-order valence-electron chi connectivity index (χ3n) is 4.36. The Labute approximate surface area is 170 Å². The molecule has 2 aromatic carbocycles. The molecule has 0 saturated heterocycles. The summed E-state index contributed by atoms with van der Waals surface area (Å²) in [7, 11) is 0. The maximum atomic E-state index is 12.5. The molecule has 1 N–H and O–H groups in total. The molecule has 0 saturated carbocycles. The van der Waals surface area contributed by atoms with Crippen molar-refractivity contribution in [3.8, 4) is 5.69 Å². The molecule has 2 heterocycles. The normalized spacial score (nSPS) is 10.7. The molecular formula is C19H16N8O3. The zero-order valence-electron chi connectivity index (χ0n) is 15.6. The van der Waals surface area contributed by atoms with Crippen LogP contribution in [0.15, 0.2) is 67.8 Å². The predicted octanol–water partition coefficient (Wildman–Crippen LogP) is 1.75. The first-order valence-electron chi connectivity index (χ1n) is 8.92. The van der Waals surface area contributed by atoms with Gasteiger partial charge in [-0.3, -0.25) is 14.9 Å². The average Bonchev–Trinajstić information content (AvgIpc) is 3.46. The number of rotatable bonds is 7. The van der Waals surface area contributed by atoms with Crippen molar-refractivity contribution < 1.29 is 9.72 Å². The van der Waals surface area contributed by atoms with Crippen LogP contribution in [0.3, 0.4) is 0 Å². The van der Waals surface area contributed by atoms with Crippen LogP contribution < -0.4 is 5.32 Å². The van der Waals surface area contributed by atoms with Gasteiger partial charge < -0.3 is 5.32 Å². The van der Waals surface area contributed by atoms with E-state index < -0.39 is 10.8 Å². The number of aromatic nitrogens is 6. The van der Waals surface area contributed by atoms with Gasteiger partial charge in [-0.2, -0.15) is 10.2 Å². The molecule has 11 nitrogen and oxygen atoms in total. The Kier molecular flexibility index (Phi) is 5.24.